The van der Waals surface area contributed by atoms with E-state index in [0.717, 1.165) is 12.1 Å². The maximum Gasteiger partial charge on any atom is 0.280 e. The molecule has 0 saturated carbocycles. The van der Waals surface area contributed by atoms with Gasteiger partial charge >= 0.3 is 0 Å². The van der Waals surface area contributed by atoms with Gasteiger partial charge < -0.3 is 14.8 Å². The molecule has 2 rings (SSSR count). The molecule has 0 aliphatic heterocycles. The maximum atomic E-state index is 12.4. The molecule has 2 aromatic rings. The summed E-state index contributed by atoms with van der Waals surface area (Å²) in [6.45, 7) is 0. The Kier molecular flexibility index (Phi) is 6.73. The summed E-state index contributed by atoms with van der Waals surface area (Å²) in [5.74, 6) is -0.574. The van der Waals surface area contributed by atoms with Crippen molar-refractivity contribution in [1.29, 1.82) is 5.26 Å². The highest BCUT2D eigenvalue weighted by Gasteiger charge is 2.20. The Morgan fingerprint density at radius 3 is 2.23 bits per heavy atom. The molecule has 0 fully saturated rings. The first-order valence-corrected chi connectivity index (χ1v) is 9.61. The van der Waals surface area contributed by atoms with E-state index in [1.165, 1.54) is 44.6 Å². The largest absolute Gasteiger partial charge is 0.493 e. The number of sulfonamides is 1. The minimum absolute atomic E-state index is 0.0473. The molecule has 2 aromatic carbocycles. The maximum absolute atomic E-state index is 12.4. The average Bonchev–Trinajstić information content (AvgIpc) is 2.70. The van der Waals surface area contributed by atoms with Crippen molar-refractivity contribution in [2.75, 3.05) is 19.5 Å². The zero-order valence-corrected chi connectivity index (χ0v) is 16.6. The Bertz CT molecular complexity index is 1170. The van der Waals surface area contributed by atoms with Crippen LogP contribution in [0.25, 0.3) is 6.08 Å². The lowest BCUT2D eigenvalue weighted by atomic mass is 10.1. The SMILES string of the molecule is COc1cc(/C=C(\C#N)C(=O)Nc2ccc(S(N)(=O)=O)cc2)c([N+](=O)[O-])cc1OC. The van der Waals surface area contributed by atoms with Crippen LogP contribution >= 0.6 is 0 Å². The van der Waals surface area contributed by atoms with Crippen LogP contribution in [0.5, 0.6) is 11.5 Å². The van der Waals surface area contributed by atoms with E-state index in [1.54, 1.807) is 6.07 Å². The summed E-state index contributed by atoms with van der Waals surface area (Å²) in [6.07, 6.45) is 1.04. The second kappa shape index (κ2) is 9.03. The molecule has 0 saturated heterocycles. The van der Waals surface area contributed by atoms with Crippen LogP contribution in [-0.2, 0) is 14.8 Å². The molecule has 0 atom stereocenters. The van der Waals surface area contributed by atoms with Gasteiger partial charge in [0.2, 0.25) is 10.0 Å². The summed E-state index contributed by atoms with van der Waals surface area (Å²) < 4.78 is 32.7. The van der Waals surface area contributed by atoms with Gasteiger partial charge in [-0.15, -0.1) is 0 Å². The first-order chi connectivity index (χ1) is 14.1. The highest BCUT2D eigenvalue weighted by molar-refractivity contribution is 7.89. The number of nitrogens with two attached hydrogens (primary N) is 1. The summed E-state index contributed by atoms with van der Waals surface area (Å²) in [7, 11) is -1.25. The average molecular weight is 432 g/mol. The predicted molar refractivity (Wildman–Crippen MR) is 106 cm³/mol. The quantitative estimate of drug-likeness (QED) is 0.288. The van der Waals surface area contributed by atoms with E-state index in [0.29, 0.717) is 0 Å². The number of primary sulfonamides is 1. The van der Waals surface area contributed by atoms with Crippen molar-refractivity contribution >= 4 is 33.4 Å². The molecule has 0 unspecified atom stereocenters. The Labute approximate surface area is 171 Å². The minimum Gasteiger partial charge on any atom is -0.493 e. The van der Waals surface area contributed by atoms with Crippen LogP contribution in [0.4, 0.5) is 11.4 Å². The molecule has 3 N–H and O–H groups in total. The molecule has 12 heteroatoms. The standard InChI is InChI=1S/C18H16N4O7S/c1-28-16-8-11(15(22(24)25)9-17(16)29-2)7-12(10-19)18(23)21-13-3-5-14(6-4-13)30(20,26)27/h3-9H,1-2H3,(H,21,23)(H2,20,26,27)/b12-7+. The third kappa shape index (κ3) is 5.10. The van der Waals surface area contributed by atoms with E-state index in [4.69, 9.17) is 14.6 Å². The highest BCUT2D eigenvalue weighted by atomic mass is 32.2. The van der Waals surface area contributed by atoms with Gasteiger partial charge in [-0.2, -0.15) is 5.26 Å². The fourth-order valence-corrected chi connectivity index (χ4v) is 2.90. The number of rotatable bonds is 7. The third-order valence-electron chi connectivity index (χ3n) is 3.84. The number of nitrogens with one attached hydrogen (secondary N) is 1. The molecular weight excluding hydrogens is 416 g/mol. The van der Waals surface area contributed by atoms with Crippen molar-refractivity contribution < 1.29 is 27.6 Å². The van der Waals surface area contributed by atoms with Gasteiger partial charge in [-0.1, -0.05) is 0 Å². The van der Waals surface area contributed by atoms with Gasteiger partial charge in [0.25, 0.3) is 11.6 Å². The van der Waals surface area contributed by atoms with Crippen LogP contribution in [0.3, 0.4) is 0 Å². The van der Waals surface area contributed by atoms with Gasteiger partial charge in [0, 0.05) is 5.69 Å². The Hall–Kier alpha value is -3.95. The fourth-order valence-electron chi connectivity index (χ4n) is 2.39. The fraction of sp³-hybridized carbons (Fsp3) is 0.111. The molecule has 0 spiro atoms. The van der Waals surface area contributed by atoms with E-state index < -0.39 is 32.1 Å². The van der Waals surface area contributed by atoms with Crippen LogP contribution in [0.15, 0.2) is 46.9 Å². The smallest absolute Gasteiger partial charge is 0.280 e. The van der Waals surface area contributed by atoms with E-state index in [9.17, 15) is 28.6 Å². The Morgan fingerprint density at radius 1 is 1.20 bits per heavy atom. The minimum atomic E-state index is -3.90. The van der Waals surface area contributed by atoms with Gasteiger partial charge in [-0.3, -0.25) is 14.9 Å². The van der Waals surface area contributed by atoms with Crippen LogP contribution in [-0.4, -0.2) is 33.5 Å². The van der Waals surface area contributed by atoms with Crippen molar-refractivity contribution in [3.05, 3.63) is 57.6 Å². The predicted octanol–water partition coefficient (Wildman–Crippen LogP) is 1.81. The first kappa shape index (κ1) is 22.3. The van der Waals surface area contributed by atoms with Crippen LogP contribution in [0.1, 0.15) is 5.56 Å². The number of carbonyl (C=O) groups excluding carboxylic acids is 1. The Balaban J connectivity index is 2.40. The number of nitro groups is 1. The number of hydrogen-bond acceptors (Lipinski definition) is 8. The van der Waals surface area contributed by atoms with Crippen molar-refractivity contribution in [1.82, 2.24) is 0 Å². The summed E-state index contributed by atoms with van der Waals surface area (Å²) in [5.41, 5.74) is -0.684. The number of nitriles is 1. The zero-order chi connectivity index (χ0) is 22.5. The highest BCUT2D eigenvalue weighted by Crippen LogP contribution is 2.35. The van der Waals surface area contributed by atoms with Crippen molar-refractivity contribution in [3.63, 3.8) is 0 Å². The van der Waals surface area contributed by atoms with Crippen LogP contribution in [0.2, 0.25) is 0 Å². The van der Waals surface area contributed by atoms with Gasteiger partial charge in [0.05, 0.1) is 35.7 Å². The molecule has 0 aliphatic rings. The van der Waals surface area contributed by atoms with E-state index in [1.807, 2.05) is 0 Å². The van der Waals surface area contributed by atoms with Gasteiger partial charge in [-0.05, 0) is 36.4 Å². The summed E-state index contributed by atoms with van der Waals surface area (Å²) >= 11 is 0. The number of anilines is 1. The summed E-state index contributed by atoms with van der Waals surface area (Å²) in [5, 5.41) is 28.1. The molecule has 0 aromatic heterocycles. The number of methoxy groups -OCH3 is 2. The number of amides is 1. The van der Waals surface area contributed by atoms with E-state index >= 15 is 0 Å². The topological polar surface area (TPSA) is 175 Å². The van der Waals surface area contributed by atoms with Crippen molar-refractivity contribution in [3.8, 4) is 17.6 Å². The molecule has 30 heavy (non-hydrogen) atoms. The molecule has 11 nitrogen and oxygen atoms in total. The molecule has 0 radical (unpaired) electrons. The molecule has 0 aliphatic carbocycles. The van der Waals surface area contributed by atoms with Crippen molar-refractivity contribution in [2.24, 2.45) is 5.14 Å². The first-order valence-electron chi connectivity index (χ1n) is 8.07. The summed E-state index contributed by atoms with van der Waals surface area (Å²) in [4.78, 5) is 22.9. The lowest BCUT2D eigenvalue weighted by Crippen LogP contribution is -2.15. The number of carbonyl (C=O) groups is 1. The Morgan fingerprint density at radius 2 is 1.77 bits per heavy atom. The second-order valence-electron chi connectivity index (χ2n) is 5.72. The number of nitrogens with zero attached hydrogens (tertiary/aromatic N) is 2. The monoisotopic (exact) mass is 432 g/mol. The van der Waals surface area contributed by atoms with Crippen LogP contribution < -0.4 is 19.9 Å². The number of benzene rings is 2. The lowest BCUT2D eigenvalue weighted by molar-refractivity contribution is -0.385. The summed E-state index contributed by atoms with van der Waals surface area (Å²) in [6, 6.07) is 8.99. The van der Waals surface area contributed by atoms with E-state index in [2.05, 4.69) is 5.32 Å². The van der Waals surface area contributed by atoms with E-state index in [-0.39, 0.29) is 27.6 Å². The van der Waals surface area contributed by atoms with Gasteiger partial charge in [0.1, 0.15) is 11.6 Å². The van der Waals surface area contributed by atoms with Gasteiger partial charge in [0.15, 0.2) is 11.5 Å². The van der Waals surface area contributed by atoms with Crippen LogP contribution in [0, 0.1) is 21.4 Å². The number of ether oxygens (including phenoxy) is 2. The third-order valence-corrected chi connectivity index (χ3v) is 4.76. The van der Waals surface area contributed by atoms with Crippen molar-refractivity contribution in [2.45, 2.75) is 4.90 Å². The normalized spacial score (nSPS) is 11.3. The molecule has 156 valence electrons. The van der Waals surface area contributed by atoms with Gasteiger partial charge in [-0.25, -0.2) is 13.6 Å². The molecule has 1 amide bonds. The molecule has 0 bridgehead atoms. The number of hydrogen-bond donors (Lipinski definition) is 2. The number of nitro benzene ring substituents is 1. The second-order valence-corrected chi connectivity index (χ2v) is 7.28. The molecule has 0 heterocycles. The molecular formula is C18H16N4O7S. The zero-order valence-electron chi connectivity index (χ0n) is 15.8. The lowest BCUT2D eigenvalue weighted by Gasteiger charge is -2.09.